The van der Waals surface area contributed by atoms with Gasteiger partial charge in [0.15, 0.2) is 11.3 Å². The van der Waals surface area contributed by atoms with Gasteiger partial charge in [0.2, 0.25) is 5.95 Å². The third-order valence-electron chi connectivity index (χ3n) is 5.82. The van der Waals surface area contributed by atoms with E-state index in [9.17, 15) is 40.3 Å². The second kappa shape index (κ2) is 9.36. The van der Waals surface area contributed by atoms with Crippen molar-refractivity contribution >= 4 is 16.6 Å². The maximum Gasteiger partial charge on any atom is 0.435 e. The molecule has 0 unspecified atom stereocenters. The zero-order valence-corrected chi connectivity index (χ0v) is 19.4. The smallest absolute Gasteiger partial charge is 0.313 e. The lowest BCUT2D eigenvalue weighted by atomic mass is 10.1. The van der Waals surface area contributed by atoms with Gasteiger partial charge < -0.3 is 4.98 Å². The lowest BCUT2D eigenvalue weighted by Crippen LogP contribution is -2.23. The standard InChI is InChI=1S/C13H10FN5O2.C10H6F6N2/c14-10-5-15-11-7(6-1-2-6)3-9(18-19(10)11)8-4-16-13(21)17-12(8)20;11-9(12,13)5-18-7-4-2-1-3-6(7)8(17-18)10(14,15)16/h3-6H,1-2H2,(H2,16,17,20,21);1-4H,5H2. The molecule has 1 aliphatic carbocycles. The van der Waals surface area contributed by atoms with Gasteiger partial charge in [0.05, 0.1) is 23.0 Å². The van der Waals surface area contributed by atoms with Crippen LogP contribution in [0.25, 0.3) is 27.8 Å². The molecule has 0 aliphatic heterocycles. The van der Waals surface area contributed by atoms with E-state index in [1.54, 1.807) is 6.07 Å². The molecule has 39 heavy (non-hydrogen) atoms. The second-order valence-corrected chi connectivity index (χ2v) is 8.70. The molecule has 0 saturated heterocycles. The van der Waals surface area contributed by atoms with E-state index in [2.05, 4.69) is 25.1 Å². The number of hydrogen-bond donors (Lipinski definition) is 2. The minimum absolute atomic E-state index is 0.187. The van der Waals surface area contributed by atoms with E-state index in [4.69, 9.17) is 0 Å². The number of nitrogens with zero attached hydrogens (tertiary/aromatic N) is 5. The number of imidazole rings is 1. The first-order valence-corrected chi connectivity index (χ1v) is 11.3. The molecule has 6 rings (SSSR count). The summed E-state index contributed by atoms with van der Waals surface area (Å²) >= 11 is 0. The van der Waals surface area contributed by atoms with Crippen molar-refractivity contribution in [2.75, 3.05) is 0 Å². The van der Waals surface area contributed by atoms with Crippen molar-refractivity contribution in [1.82, 2.24) is 34.3 Å². The Morgan fingerprint density at radius 1 is 1.03 bits per heavy atom. The Balaban J connectivity index is 0.000000160. The van der Waals surface area contributed by atoms with E-state index in [0.29, 0.717) is 21.9 Å². The van der Waals surface area contributed by atoms with Crippen LogP contribution in [0.3, 0.4) is 0 Å². The number of aromatic amines is 2. The molecule has 1 aliphatic rings. The molecule has 1 saturated carbocycles. The van der Waals surface area contributed by atoms with Crippen LogP contribution in [0.4, 0.5) is 30.7 Å². The summed E-state index contributed by atoms with van der Waals surface area (Å²) in [4.78, 5) is 31.5. The van der Waals surface area contributed by atoms with E-state index in [1.165, 1.54) is 24.4 Å². The van der Waals surface area contributed by atoms with Crippen molar-refractivity contribution < 1.29 is 30.7 Å². The summed E-state index contributed by atoms with van der Waals surface area (Å²) in [5.74, 6) is -0.271. The minimum atomic E-state index is -4.78. The van der Waals surface area contributed by atoms with E-state index in [0.717, 1.165) is 35.2 Å². The van der Waals surface area contributed by atoms with Gasteiger partial charge in [-0.25, -0.2) is 9.78 Å². The molecule has 1 aromatic carbocycles. The normalized spacial score (nSPS) is 14.0. The number of rotatable bonds is 3. The molecule has 0 radical (unpaired) electrons. The molecule has 0 atom stereocenters. The van der Waals surface area contributed by atoms with E-state index in [1.807, 2.05) is 0 Å². The maximum atomic E-state index is 13.8. The van der Waals surface area contributed by atoms with Crippen LogP contribution in [-0.2, 0) is 12.7 Å². The van der Waals surface area contributed by atoms with Gasteiger partial charge in [0.1, 0.15) is 6.54 Å². The van der Waals surface area contributed by atoms with Gasteiger partial charge in [-0.15, -0.1) is 0 Å². The van der Waals surface area contributed by atoms with Crippen LogP contribution >= 0.6 is 0 Å². The van der Waals surface area contributed by atoms with Crippen molar-refractivity contribution in [2.45, 2.75) is 37.7 Å². The van der Waals surface area contributed by atoms with Crippen molar-refractivity contribution in [3.63, 3.8) is 0 Å². The molecule has 2 N–H and O–H groups in total. The molecule has 0 bridgehead atoms. The van der Waals surface area contributed by atoms with Gasteiger partial charge in [-0.3, -0.25) is 14.5 Å². The number of benzene rings is 1. The molecule has 4 aromatic heterocycles. The zero-order chi connectivity index (χ0) is 28.1. The Hall–Kier alpha value is -4.50. The Morgan fingerprint density at radius 3 is 2.38 bits per heavy atom. The number of hydrogen-bond acceptors (Lipinski definition) is 5. The van der Waals surface area contributed by atoms with Gasteiger partial charge >= 0.3 is 18.0 Å². The van der Waals surface area contributed by atoms with Gasteiger partial charge in [-0.1, -0.05) is 18.2 Å². The lowest BCUT2D eigenvalue weighted by molar-refractivity contribution is -0.148. The van der Waals surface area contributed by atoms with Crippen molar-refractivity contribution in [3.8, 4) is 11.3 Å². The Morgan fingerprint density at radius 2 is 1.74 bits per heavy atom. The molecule has 0 spiro atoms. The highest BCUT2D eigenvalue weighted by atomic mass is 19.4. The summed E-state index contributed by atoms with van der Waals surface area (Å²) in [5.41, 5.74) is -0.821. The fraction of sp³-hybridized carbons (Fsp3) is 0.261. The Kier molecular flexibility index (Phi) is 6.27. The van der Waals surface area contributed by atoms with E-state index < -0.39 is 41.8 Å². The summed E-state index contributed by atoms with van der Waals surface area (Å²) < 4.78 is 89.7. The monoisotopic (exact) mass is 555 g/mol. The van der Waals surface area contributed by atoms with Gasteiger partial charge in [0, 0.05) is 17.1 Å². The summed E-state index contributed by atoms with van der Waals surface area (Å²) in [5, 5.41) is 6.78. The highest BCUT2D eigenvalue weighted by Gasteiger charge is 2.38. The number of alkyl halides is 6. The van der Waals surface area contributed by atoms with Gasteiger partial charge in [0.25, 0.3) is 5.56 Å². The van der Waals surface area contributed by atoms with Crippen LogP contribution in [0.1, 0.15) is 30.0 Å². The van der Waals surface area contributed by atoms with Crippen LogP contribution < -0.4 is 11.2 Å². The molecule has 4 heterocycles. The van der Waals surface area contributed by atoms with Crippen LogP contribution in [0.15, 0.2) is 52.3 Å². The van der Waals surface area contributed by atoms with Crippen molar-refractivity contribution in [1.29, 1.82) is 0 Å². The Labute approximate surface area is 211 Å². The van der Waals surface area contributed by atoms with E-state index in [-0.39, 0.29) is 16.5 Å². The average Bonchev–Trinajstić information content (AvgIpc) is 3.54. The van der Waals surface area contributed by atoms with Crippen LogP contribution in [-0.4, -0.2) is 40.5 Å². The molecule has 16 heteroatoms. The first-order valence-electron chi connectivity index (χ1n) is 11.3. The minimum Gasteiger partial charge on any atom is -0.313 e. The number of aromatic nitrogens is 7. The molecule has 204 valence electrons. The Bertz CT molecular complexity index is 1790. The molecule has 5 aromatic rings. The van der Waals surface area contributed by atoms with Crippen molar-refractivity contribution in [2.24, 2.45) is 0 Å². The van der Waals surface area contributed by atoms with Gasteiger partial charge in [-0.2, -0.15) is 45.4 Å². The summed E-state index contributed by atoms with van der Waals surface area (Å²) in [6.07, 6.45) is -5.00. The predicted molar refractivity (Wildman–Crippen MR) is 122 cm³/mol. The number of fused-ring (bicyclic) bond motifs is 2. The summed E-state index contributed by atoms with van der Waals surface area (Å²) in [7, 11) is 0. The molecule has 1 fully saturated rings. The molecular weight excluding hydrogens is 539 g/mol. The topological polar surface area (TPSA) is 114 Å². The summed E-state index contributed by atoms with van der Waals surface area (Å²) in [6.45, 7) is -1.55. The van der Waals surface area contributed by atoms with Crippen LogP contribution in [0.2, 0.25) is 0 Å². The quantitative estimate of drug-likeness (QED) is 0.321. The number of halogens is 7. The lowest BCUT2D eigenvalue weighted by Gasteiger charge is -2.07. The van der Waals surface area contributed by atoms with Crippen LogP contribution in [0.5, 0.6) is 0 Å². The highest BCUT2D eigenvalue weighted by molar-refractivity contribution is 5.82. The predicted octanol–water partition coefficient (Wildman–Crippen LogP) is 4.41. The largest absolute Gasteiger partial charge is 0.435 e. The first-order chi connectivity index (χ1) is 18.3. The molecular formula is C23H16F7N7O2. The number of para-hydroxylation sites is 1. The van der Waals surface area contributed by atoms with Crippen molar-refractivity contribution in [3.05, 3.63) is 80.8 Å². The number of H-pyrrole nitrogens is 2. The third-order valence-corrected chi connectivity index (χ3v) is 5.82. The summed E-state index contributed by atoms with van der Waals surface area (Å²) in [6, 6.07) is 6.68. The average molecular weight is 555 g/mol. The SMILES string of the molecule is FC(F)(F)Cn1nc(C(F)(F)F)c2ccccc21.O=c1[nH]cc(-c2cc(C3CC3)c3ncc(F)n3n2)c(=O)[nH]1. The van der Waals surface area contributed by atoms with Gasteiger partial charge in [-0.05, 0) is 30.9 Å². The second-order valence-electron chi connectivity index (χ2n) is 8.70. The van der Waals surface area contributed by atoms with E-state index >= 15 is 0 Å². The fourth-order valence-electron chi connectivity index (χ4n) is 4.02. The molecule has 9 nitrogen and oxygen atoms in total. The fourth-order valence-corrected chi connectivity index (χ4v) is 4.02. The maximum absolute atomic E-state index is 13.8. The molecule has 0 amide bonds. The highest BCUT2D eigenvalue weighted by Crippen LogP contribution is 2.42. The third kappa shape index (κ3) is 5.39. The zero-order valence-electron chi connectivity index (χ0n) is 19.4. The number of nitrogens with one attached hydrogen (secondary N) is 2. The first kappa shape index (κ1) is 26.1. The van der Waals surface area contributed by atoms with Crippen LogP contribution in [0, 0.1) is 5.95 Å².